The van der Waals surface area contributed by atoms with Crippen LogP contribution in [0, 0.1) is 12.7 Å². The van der Waals surface area contributed by atoms with E-state index in [0.717, 1.165) is 9.80 Å². The zero-order valence-electron chi connectivity index (χ0n) is 22.7. The molecule has 4 amide bonds. The number of hydrogen-bond acceptors (Lipinski definition) is 7. The van der Waals surface area contributed by atoms with E-state index >= 15 is 4.39 Å². The highest BCUT2D eigenvalue weighted by atomic mass is 19.1. The highest BCUT2D eigenvalue weighted by Crippen LogP contribution is 2.43. The Labute approximate surface area is 233 Å². The van der Waals surface area contributed by atoms with Gasteiger partial charge in [0.1, 0.15) is 29.9 Å². The summed E-state index contributed by atoms with van der Waals surface area (Å²) >= 11 is 0. The van der Waals surface area contributed by atoms with E-state index in [4.69, 9.17) is 15.2 Å². The van der Waals surface area contributed by atoms with E-state index in [2.05, 4.69) is 15.3 Å². The Morgan fingerprint density at radius 2 is 1.93 bits per heavy atom. The molecule has 1 aliphatic carbocycles. The molecule has 3 heterocycles. The second-order valence-electron chi connectivity index (χ2n) is 10.8. The summed E-state index contributed by atoms with van der Waals surface area (Å²) in [4.78, 5) is 47.3. The Balaban J connectivity index is 1.71. The van der Waals surface area contributed by atoms with Crippen LogP contribution in [0.2, 0.25) is 0 Å². The SMILES string of the molecule is Cc1c(-c2cc3cc(N(C(N)=O)[C@H]4C[C@H]4F)ncc3c(NC(=O)OC(C)(C)C)c2F)cnc2c1N(C(=O)O)CCO2. The quantitative estimate of drug-likeness (QED) is 0.397. The molecule has 14 heteroatoms. The van der Waals surface area contributed by atoms with Crippen LogP contribution in [0.15, 0.2) is 24.5 Å². The maximum Gasteiger partial charge on any atom is 0.412 e. The number of ether oxygens (including phenoxy) is 2. The molecular weight excluding hydrogens is 542 g/mol. The molecule has 0 bridgehead atoms. The Morgan fingerprint density at radius 1 is 1.22 bits per heavy atom. The van der Waals surface area contributed by atoms with Gasteiger partial charge in [-0.05, 0) is 50.8 Å². The monoisotopic (exact) mass is 570 g/mol. The normalized spacial score (nSPS) is 17.9. The van der Waals surface area contributed by atoms with Gasteiger partial charge in [0, 0.05) is 35.3 Å². The van der Waals surface area contributed by atoms with E-state index in [1.807, 2.05) is 0 Å². The van der Waals surface area contributed by atoms with Crippen molar-refractivity contribution in [2.45, 2.75) is 51.9 Å². The van der Waals surface area contributed by atoms with Crippen molar-refractivity contribution in [2.75, 3.05) is 28.3 Å². The molecule has 12 nitrogen and oxygen atoms in total. The lowest BCUT2D eigenvalue weighted by molar-refractivity contribution is 0.0635. The van der Waals surface area contributed by atoms with Crippen LogP contribution in [0.1, 0.15) is 32.8 Å². The third kappa shape index (κ3) is 5.24. The fourth-order valence-corrected chi connectivity index (χ4v) is 4.78. The van der Waals surface area contributed by atoms with E-state index in [1.165, 1.54) is 24.5 Å². The minimum absolute atomic E-state index is 0.0372. The first-order valence-electron chi connectivity index (χ1n) is 12.7. The number of nitrogens with zero attached hydrogens (tertiary/aromatic N) is 4. The van der Waals surface area contributed by atoms with Gasteiger partial charge in [0.2, 0.25) is 5.88 Å². The van der Waals surface area contributed by atoms with Crippen LogP contribution in [0.3, 0.4) is 0 Å². The van der Waals surface area contributed by atoms with Gasteiger partial charge in [0.05, 0.1) is 18.3 Å². The van der Waals surface area contributed by atoms with Gasteiger partial charge in [-0.2, -0.15) is 0 Å². The number of nitrogens with one attached hydrogen (secondary N) is 1. The van der Waals surface area contributed by atoms with Gasteiger partial charge in [-0.15, -0.1) is 0 Å². The number of carboxylic acid groups (broad SMARTS) is 1. The minimum Gasteiger partial charge on any atom is -0.474 e. The molecule has 41 heavy (non-hydrogen) atoms. The number of urea groups is 1. The van der Waals surface area contributed by atoms with Crippen LogP contribution < -0.4 is 25.6 Å². The fraction of sp³-hybridized carbons (Fsp3) is 0.370. The average molecular weight is 571 g/mol. The third-order valence-electron chi connectivity index (χ3n) is 6.69. The largest absolute Gasteiger partial charge is 0.474 e. The van der Waals surface area contributed by atoms with Crippen LogP contribution in [-0.2, 0) is 4.74 Å². The van der Waals surface area contributed by atoms with Crippen molar-refractivity contribution >= 4 is 46.2 Å². The topological polar surface area (TPSA) is 160 Å². The van der Waals surface area contributed by atoms with Gasteiger partial charge in [-0.3, -0.25) is 15.1 Å². The number of anilines is 3. The van der Waals surface area contributed by atoms with Crippen molar-refractivity contribution in [3.63, 3.8) is 0 Å². The Bertz CT molecular complexity index is 1590. The van der Waals surface area contributed by atoms with Gasteiger partial charge in [0.15, 0.2) is 5.82 Å². The second-order valence-corrected chi connectivity index (χ2v) is 10.8. The predicted molar refractivity (Wildman–Crippen MR) is 146 cm³/mol. The summed E-state index contributed by atoms with van der Waals surface area (Å²) < 4.78 is 41.0. The van der Waals surface area contributed by atoms with Crippen molar-refractivity contribution in [1.82, 2.24) is 9.97 Å². The smallest absolute Gasteiger partial charge is 0.412 e. The van der Waals surface area contributed by atoms with E-state index in [9.17, 15) is 23.9 Å². The number of aromatic nitrogens is 2. The molecule has 2 atom stereocenters. The Hall–Kier alpha value is -4.75. The first-order chi connectivity index (χ1) is 19.3. The van der Waals surface area contributed by atoms with Crippen LogP contribution in [0.25, 0.3) is 21.9 Å². The number of halogens is 2. The van der Waals surface area contributed by atoms with Crippen LogP contribution in [0.5, 0.6) is 5.88 Å². The number of carbonyl (C=O) groups excluding carboxylic acids is 2. The maximum atomic E-state index is 16.3. The van der Waals surface area contributed by atoms with Crippen LogP contribution in [-0.4, -0.2) is 64.3 Å². The van der Waals surface area contributed by atoms with Gasteiger partial charge >= 0.3 is 18.2 Å². The Kier molecular flexibility index (Phi) is 6.79. The molecule has 1 saturated carbocycles. The van der Waals surface area contributed by atoms with Crippen molar-refractivity contribution in [2.24, 2.45) is 5.73 Å². The predicted octanol–water partition coefficient (Wildman–Crippen LogP) is 4.96. The lowest BCUT2D eigenvalue weighted by Gasteiger charge is -2.29. The molecule has 1 aromatic carbocycles. The number of pyridine rings is 2. The number of rotatable bonds is 4. The van der Waals surface area contributed by atoms with Crippen molar-refractivity contribution in [3.8, 4) is 17.0 Å². The number of nitrogens with two attached hydrogens (primary N) is 1. The molecule has 1 aliphatic heterocycles. The number of alkyl halides is 1. The first kappa shape index (κ1) is 27.8. The summed E-state index contributed by atoms with van der Waals surface area (Å²) in [5.74, 6) is -0.734. The zero-order valence-corrected chi connectivity index (χ0v) is 22.7. The van der Waals surface area contributed by atoms with E-state index in [-0.39, 0.29) is 59.2 Å². The van der Waals surface area contributed by atoms with Crippen molar-refractivity contribution < 1.29 is 37.7 Å². The molecule has 5 rings (SSSR count). The molecule has 2 aliphatic rings. The molecule has 0 radical (unpaired) electrons. The average Bonchev–Trinajstić information content (AvgIpc) is 3.59. The molecular formula is C27H28F2N6O6. The molecule has 3 aromatic rings. The number of amides is 4. The number of carbonyl (C=O) groups is 3. The van der Waals surface area contributed by atoms with Crippen LogP contribution in [0.4, 0.5) is 40.4 Å². The van der Waals surface area contributed by atoms with Gasteiger partial charge in [0.25, 0.3) is 0 Å². The summed E-state index contributed by atoms with van der Waals surface area (Å²) in [6.45, 7) is 6.71. The van der Waals surface area contributed by atoms with E-state index < -0.39 is 41.8 Å². The summed E-state index contributed by atoms with van der Waals surface area (Å²) in [5, 5.41) is 12.7. The lowest BCUT2D eigenvalue weighted by atomic mass is 9.96. The maximum absolute atomic E-state index is 16.3. The summed E-state index contributed by atoms with van der Waals surface area (Å²) in [5.41, 5.74) is 5.08. The minimum atomic E-state index is -1.25. The zero-order chi connectivity index (χ0) is 29.8. The number of benzene rings is 1. The Morgan fingerprint density at radius 3 is 2.54 bits per heavy atom. The van der Waals surface area contributed by atoms with Crippen LogP contribution >= 0.6 is 0 Å². The molecule has 1 fully saturated rings. The summed E-state index contributed by atoms with van der Waals surface area (Å²) in [7, 11) is 0. The van der Waals surface area contributed by atoms with Gasteiger partial charge in [-0.1, -0.05) is 0 Å². The van der Waals surface area contributed by atoms with E-state index in [0.29, 0.717) is 10.9 Å². The lowest BCUT2D eigenvalue weighted by Crippen LogP contribution is -2.39. The second kappa shape index (κ2) is 10.0. The molecule has 2 aromatic heterocycles. The number of fused-ring (bicyclic) bond motifs is 2. The molecule has 4 N–H and O–H groups in total. The molecule has 0 unspecified atom stereocenters. The summed E-state index contributed by atoms with van der Waals surface area (Å²) in [6.07, 6.45) is -0.718. The molecule has 216 valence electrons. The van der Waals surface area contributed by atoms with Crippen molar-refractivity contribution in [3.05, 3.63) is 35.9 Å². The highest BCUT2D eigenvalue weighted by Gasteiger charge is 2.45. The molecule has 0 saturated heterocycles. The number of primary amides is 1. The standard InChI is InChI=1S/C27H28F2N6O6/c1-12-15(10-32-23-22(12)34(26(38)39)5-6-40-23)14-7-13-8-19(35(24(30)36)18-9-17(18)28)31-11-16(13)21(20(14)29)33-25(37)41-27(2,3)4/h7-8,10-11,17-18H,5-6,9H2,1-4H3,(H2,30,36)(H,33,37)(H,38,39)/t17-,18+/m1/s1. The third-order valence-corrected chi connectivity index (χ3v) is 6.69. The van der Waals surface area contributed by atoms with Gasteiger partial charge < -0.3 is 20.3 Å². The van der Waals surface area contributed by atoms with Gasteiger partial charge in [-0.25, -0.2) is 33.1 Å². The molecule has 0 spiro atoms. The number of hydrogen-bond donors (Lipinski definition) is 3. The summed E-state index contributed by atoms with van der Waals surface area (Å²) in [6, 6.07) is 1.20. The first-order valence-corrected chi connectivity index (χ1v) is 12.7. The van der Waals surface area contributed by atoms with E-state index in [1.54, 1.807) is 27.7 Å². The van der Waals surface area contributed by atoms with Crippen molar-refractivity contribution in [1.29, 1.82) is 0 Å². The fourth-order valence-electron chi connectivity index (χ4n) is 4.78. The highest BCUT2D eigenvalue weighted by molar-refractivity contribution is 6.05.